The highest BCUT2D eigenvalue weighted by Gasteiger charge is 2.30. The number of hydrogen-bond acceptors (Lipinski definition) is 2. The average molecular weight is 261 g/mol. The zero-order valence-corrected chi connectivity index (χ0v) is 9.79. The Labute approximate surface area is 103 Å². The fourth-order valence-electron chi connectivity index (χ4n) is 1.48. The molecule has 1 unspecified atom stereocenters. The van der Waals surface area contributed by atoms with Crippen LogP contribution in [0.3, 0.4) is 0 Å². The van der Waals surface area contributed by atoms with Gasteiger partial charge in [-0.25, -0.2) is 0 Å². The molecule has 0 aliphatic carbocycles. The summed E-state index contributed by atoms with van der Waals surface area (Å²) in [5.74, 6) is -0.945. The summed E-state index contributed by atoms with van der Waals surface area (Å²) in [4.78, 5) is 10.4. The van der Waals surface area contributed by atoms with Crippen LogP contribution in [-0.4, -0.2) is 17.1 Å². The summed E-state index contributed by atoms with van der Waals surface area (Å²) in [5.41, 5.74) is -0.227. The van der Waals surface area contributed by atoms with Gasteiger partial charge in [0.25, 0.3) is 0 Å². The van der Waals surface area contributed by atoms with E-state index in [1.54, 1.807) is 13.0 Å². The molecule has 0 fully saturated rings. The highest BCUT2D eigenvalue weighted by atomic mass is 19.4. The predicted octanol–water partition coefficient (Wildman–Crippen LogP) is 2.66. The zero-order valence-electron chi connectivity index (χ0n) is 9.79. The van der Waals surface area contributed by atoms with Gasteiger partial charge in [0.1, 0.15) is 0 Å². The number of carbonyl (C=O) groups is 1. The number of carboxylic acid groups (broad SMARTS) is 1. The first kappa shape index (κ1) is 14.5. The molecular weight excluding hydrogens is 247 g/mol. The van der Waals surface area contributed by atoms with Crippen LogP contribution < -0.4 is 5.32 Å². The van der Waals surface area contributed by atoms with Gasteiger partial charge in [-0.2, -0.15) is 13.2 Å². The minimum Gasteiger partial charge on any atom is -0.481 e. The molecule has 18 heavy (non-hydrogen) atoms. The number of halogens is 3. The third-order valence-corrected chi connectivity index (χ3v) is 2.39. The van der Waals surface area contributed by atoms with E-state index >= 15 is 0 Å². The first-order valence-corrected chi connectivity index (χ1v) is 5.40. The molecule has 0 aliphatic heterocycles. The van der Waals surface area contributed by atoms with E-state index in [1.165, 1.54) is 6.07 Å². The van der Waals surface area contributed by atoms with Gasteiger partial charge in [0.15, 0.2) is 0 Å². The molecule has 0 aliphatic rings. The predicted molar refractivity (Wildman–Crippen MR) is 60.0 cm³/mol. The number of aliphatic carboxylic acids is 1. The molecular formula is C12H14F3NO2. The molecule has 100 valence electrons. The molecule has 0 bridgehead atoms. The van der Waals surface area contributed by atoms with Crippen LogP contribution in [0.5, 0.6) is 0 Å². The molecule has 0 saturated heterocycles. The molecule has 1 aromatic rings. The fraction of sp³-hybridized carbons (Fsp3) is 0.417. The summed E-state index contributed by atoms with van der Waals surface area (Å²) >= 11 is 0. The summed E-state index contributed by atoms with van der Waals surface area (Å²) in [5, 5.41) is 11.4. The second-order valence-electron chi connectivity index (χ2n) is 4.08. The van der Waals surface area contributed by atoms with Crippen LogP contribution in [0.25, 0.3) is 0 Å². The number of nitrogens with one attached hydrogen (secondary N) is 1. The Morgan fingerprint density at radius 3 is 2.67 bits per heavy atom. The largest absolute Gasteiger partial charge is 0.481 e. The van der Waals surface area contributed by atoms with Gasteiger partial charge in [-0.05, 0) is 18.6 Å². The van der Waals surface area contributed by atoms with Crippen LogP contribution >= 0.6 is 0 Å². The van der Waals surface area contributed by atoms with E-state index in [2.05, 4.69) is 5.32 Å². The fourth-order valence-corrected chi connectivity index (χ4v) is 1.48. The monoisotopic (exact) mass is 261 g/mol. The van der Waals surface area contributed by atoms with E-state index in [0.29, 0.717) is 5.56 Å². The minimum atomic E-state index is -4.36. The standard InChI is InChI=1S/C12H14F3NO2/c1-8(5-11(17)18)16-7-9-3-2-4-10(6-9)12(13,14)15/h2-4,6,8,16H,5,7H2,1H3,(H,17,18). The third kappa shape index (κ3) is 4.75. The molecule has 1 aromatic carbocycles. The average Bonchev–Trinajstić information content (AvgIpc) is 2.25. The molecule has 0 saturated carbocycles. The van der Waals surface area contributed by atoms with Gasteiger partial charge < -0.3 is 10.4 Å². The van der Waals surface area contributed by atoms with Gasteiger partial charge >= 0.3 is 12.1 Å². The summed E-state index contributed by atoms with van der Waals surface area (Å²) in [6, 6.07) is 4.67. The van der Waals surface area contributed by atoms with Gasteiger partial charge in [0.2, 0.25) is 0 Å². The van der Waals surface area contributed by atoms with Crippen LogP contribution in [0.15, 0.2) is 24.3 Å². The Bertz CT molecular complexity index is 418. The van der Waals surface area contributed by atoms with Crippen molar-refractivity contribution in [2.24, 2.45) is 0 Å². The van der Waals surface area contributed by atoms with E-state index < -0.39 is 17.7 Å². The van der Waals surface area contributed by atoms with E-state index in [1.807, 2.05) is 0 Å². The maximum Gasteiger partial charge on any atom is 0.416 e. The Morgan fingerprint density at radius 2 is 2.11 bits per heavy atom. The van der Waals surface area contributed by atoms with Crippen LogP contribution in [0.4, 0.5) is 13.2 Å². The molecule has 3 nitrogen and oxygen atoms in total. The maximum absolute atomic E-state index is 12.4. The molecule has 6 heteroatoms. The Kier molecular flexibility index (Phi) is 4.72. The van der Waals surface area contributed by atoms with Gasteiger partial charge in [-0.3, -0.25) is 4.79 Å². The van der Waals surface area contributed by atoms with E-state index in [-0.39, 0.29) is 19.0 Å². The lowest BCUT2D eigenvalue weighted by Crippen LogP contribution is -2.28. The third-order valence-electron chi connectivity index (χ3n) is 2.39. The van der Waals surface area contributed by atoms with Crippen molar-refractivity contribution in [2.75, 3.05) is 0 Å². The van der Waals surface area contributed by atoms with Crippen LogP contribution in [0.2, 0.25) is 0 Å². The first-order chi connectivity index (χ1) is 8.29. The van der Waals surface area contributed by atoms with Crippen molar-refractivity contribution in [1.82, 2.24) is 5.32 Å². The quantitative estimate of drug-likeness (QED) is 0.856. The zero-order chi connectivity index (χ0) is 13.8. The number of hydrogen-bond donors (Lipinski definition) is 2. The van der Waals surface area contributed by atoms with Crippen molar-refractivity contribution in [1.29, 1.82) is 0 Å². The maximum atomic E-state index is 12.4. The molecule has 1 rings (SSSR count). The molecule has 0 aromatic heterocycles. The van der Waals surface area contributed by atoms with Crippen LogP contribution in [-0.2, 0) is 17.5 Å². The summed E-state index contributed by atoms with van der Waals surface area (Å²) in [6.45, 7) is 1.88. The first-order valence-electron chi connectivity index (χ1n) is 5.40. The molecule has 1 atom stereocenters. The Balaban J connectivity index is 2.60. The van der Waals surface area contributed by atoms with Crippen LogP contribution in [0.1, 0.15) is 24.5 Å². The number of rotatable bonds is 5. The van der Waals surface area contributed by atoms with Crippen molar-refractivity contribution in [3.8, 4) is 0 Å². The summed E-state index contributed by atoms with van der Waals surface area (Å²) in [7, 11) is 0. The molecule has 2 N–H and O–H groups in total. The SMILES string of the molecule is CC(CC(=O)O)NCc1cccc(C(F)(F)F)c1. The lowest BCUT2D eigenvalue weighted by atomic mass is 10.1. The molecule has 0 heterocycles. The van der Waals surface area contributed by atoms with E-state index in [9.17, 15) is 18.0 Å². The van der Waals surface area contributed by atoms with Crippen LogP contribution in [0, 0.1) is 0 Å². The minimum absolute atomic E-state index is 0.0705. The Hall–Kier alpha value is -1.56. The lowest BCUT2D eigenvalue weighted by Gasteiger charge is -2.13. The number of benzene rings is 1. The van der Waals surface area contributed by atoms with Crippen molar-refractivity contribution in [3.05, 3.63) is 35.4 Å². The second-order valence-corrected chi connectivity index (χ2v) is 4.08. The summed E-state index contributed by atoms with van der Waals surface area (Å²) in [6.07, 6.45) is -4.43. The van der Waals surface area contributed by atoms with E-state index in [4.69, 9.17) is 5.11 Å². The van der Waals surface area contributed by atoms with Gasteiger partial charge in [0, 0.05) is 12.6 Å². The highest BCUT2D eigenvalue weighted by Crippen LogP contribution is 2.29. The number of alkyl halides is 3. The van der Waals surface area contributed by atoms with Gasteiger partial charge in [-0.15, -0.1) is 0 Å². The van der Waals surface area contributed by atoms with Gasteiger partial charge in [-0.1, -0.05) is 18.2 Å². The van der Waals surface area contributed by atoms with Crippen molar-refractivity contribution in [2.45, 2.75) is 32.1 Å². The topological polar surface area (TPSA) is 49.3 Å². The second kappa shape index (κ2) is 5.86. The smallest absolute Gasteiger partial charge is 0.416 e. The highest BCUT2D eigenvalue weighted by molar-refractivity contribution is 5.67. The summed E-state index contributed by atoms with van der Waals surface area (Å²) < 4.78 is 37.3. The molecule has 0 amide bonds. The van der Waals surface area contributed by atoms with Crippen molar-refractivity contribution in [3.63, 3.8) is 0 Å². The molecule has 0 radical (unpaired) electrons. The Morgan fingerprint density at radius 1 is 1.44 bits per heavy atom. The van der Waals surface area contributed by atoms with Gasteiger partial charge in [0.05, 0.1) is 12.0 Å². The van der Waals surface area contributed by atoms with E-state index in [0.717, 1.165) is 12.1 Å². The van der Waals surface area contributed by atoms with Crippen molar-refractivity contribution >= 4 is 5.97 Å². The normalized spacial score (nSPS) is 13.3. The lowest BCUT2D eigenvalue weighted by molar-refractivity contribution is -0.138. The van der Waals surface area contributed by atoms with Crippen molar-refractivity contribution < 1.29 is 23.1 Å². The molecule has 0 spiro atoms. The number of carboxylic acids is 1.